The summed E-state index contributed by atoms with van der Waals surface area (Å²) in [5, 5.41) is 12.4. The first kappa shape index (κ1) is 14.1. The van der Waals surface area contributed by atoms with Gasteiger partial charge in [-0.05, 0) is 43.7 Å². The SMILES string of the molecule is CCC(C)(CO)NC(=O)C1CCCc2ccccc21. The zero-order valence-electron chi connectivity index (χ0n) is 11.8. The van der Waals surface area contributed by atoms with E-state index in [0.717, 1.165) is 31.2 Å². The van der Waals surface area contributed by atoms with E-state index in [4.69, 9.17) is 0 Å². The van der Waals surface area contributed by atoms with E-state index in [2.05, 4.69) is 17.4 Å². The Hall–Kier alpha value is -1.35. The van der Waals surface area contributed by atoms with Gasteiger partial charge in [0.1, 0.15) is 0 Å². The lowest BCUT2D eigenvalue weighted by Gasteiger charge is -2.31. The third-order valence-corrected chi connectivity index (χ3v) is 4.24. The number of aryl methyl sites for hydroxylation is 1. The van der Waals surface area contributed by atoms with Crippen molar-refractivity contribution in [3.05, 3.63) is 35.4 Å². The molecule has 0 heterocycles. The highest BCUT2D eigenvalue weighted by Gasteiger charge is 2.31. The Morgan fingerprint density at radius 2 is 2.21 bits per heavy atom. The quantitative estimate of drug-likeness (QED) is 0.874. The van der Waals surface area contributed by atoms with Crippen molar-refractivity contribution >= 4 is 5.91 Å². The van der Waals surface area contributed by atoms with Crippen molar-refractivity contribution in [3.8, 4) is 0 Å². The molecule has 1 aromatic rings. The summed E-state index contributed by atoms with van der Waals surface area (Å²) in [6.07, 6.45) is 3.74. The topological polar surface area (TPSA) is 49.3 Å². The average molecular weight is 261 g/mol. The van der Waals surface area contributed by atoms with Gasteiger partial charge in [0, 0.05) is 0 Å². The van der Waals surface area contributed by atoms with Crippen molar-refractivity contribution in [1.29, 1.82) is 0 Å². The van der Waals surface area contributed by atoms with Gasteiger partial charge >= 0.3 is 0 Å². The minimum absolute atomic E-state index is 0.0242. The molecule has 19 heavy (non-hydrogen) atoms. The van der Waals surface area contributed by atoms with E-state index in [1.165, 1.54) is 5.56 Å². The Labute approximate surface area is 115 Å². The number of aliphatic hydroxyl groups excluding tert-OH is 1. The number of rotatable bonds is 4. The predicted molar refractivity (Wildman–Crippen MR) is 76.0 cm³/mol. The Morgan fingerprint density at radius 1 is 1.47 bits per heavy atom. The number of nitrogens with one attached hydrogen (secondary N) is 1. The Bertz CT molecular complexity index is 452. The van der Waals surface area contributed by atoms with Crippen LogP contribution < -0.4 is 5.32 Å². The maximum Gasteiger partial charge on any atom is 0.228 e. The summed E-state index contributed by atoms with van der Waals surface area (Å²) < 4.78 is 0. The minimum atomic E-state index is -0.510. The van der Waals surface area contributed by atoms with E-state index < -0.39 is 5.54 Å². The van der Waals surface area contributed by atoms with Crippen LogP contribution in [0.15, 0.2) is 24.3 Å². The van der Waals surface area contributed by atoms with E-state index >= 15 is 0 Å². The summed E-state index contributed by atoms with van der Waals surface area (Å²) in [4.78, 5) is 12.5. The molecule has 0 saturated heterocycles. The minimum Gasteiger partial charge on any atom is -0.394 e. The molecular formula is C16H23NO2. The maximum absolute atomic E-state index is 12.5. The fourth-order valence-electron chi connectivity index (χ4n) is 2.65. The molecule has 1 aromatic carbocycles. The summed E-state index contributed by atoms with van der Waals surface area (Å²) in [7, 11) is 0. The van der Waals surface area contributed by atoms with Gasteiger partial charge < -0.3 is 10.4 Å². The van der Waals surface area contributed by atoms with Crippen molar-refractivity contribution in [2.75, 3.05) is 6.61 Å². The van der Waals surface area contributed by atoms with Crippen molar-refractivity contribution in [3.63, 3.8) is 0 Å². The van der Waals surface area contributed by atoms with Crippen LogP contribution in [-0.4, -0.2) is 23.2 Å². The maximum atomic E-state index is 12.5. The highest BCUT2D eigenvalue weighted by atomic mass is 16.3. The summed E-state index contributed by atoms with van der Waals surface area (Å²) >= 11 is 0. The van der Waals surface area contributed by atoms with Gasteiger partial charge in [0.25, 0.3) is 0 Å². The number of aliphatic hydroxyl groups is 1. The molecule has 1 amide bonds. The molecule has 0 aromatic heterocycles. The molecule has 0 radical (unpaired) electrons. The van der Waals surface area contributed by atoms with Gasteiger partial charge in [-0.25, -0.2) is 0 Å². The molecule has 0 aliphatic heterocycles. The second kappa shape index (κ2) is 5.74. The van der Waals surface area contributed by atoms with Crippen molar-refractivity contribution in [2.45, 2.75) is 51.0 Å². The van der Waals surface area contributed by atoms with Crippen LogP contribution in [-0.2, 0) is 11.2 Å². The van der Waals surface area contributed by atoms with Crippen molar-refractivity contribution in [1.82, 2.24) is 5.32 Å². The number of hydrogen-bond donors (Lipinski definition) is 2. The Balaban J connectivity index is 2.17. The standard InChI is InChI=1S/C16H23NO2/c1-3-16(2,11-18)17-15(19)14-10-6-8-12-7-4-5-9-13(12)14/h4-5,7,9,14,18H,3,6,8,10-11H2,1-2H3,(H,17,19). The number of hydrogen-bond acceptors (Lipinski definition) is 2. The summed E-state index contributed by atoms with van der Waals surface area (Å²) in [6.45, 7) is 3.84. The largest absolute Gasteiger partial charge is 0.394 e. The number of carbonyl (C=O) groups excluding carboxylic acids is 1. The zero-order valence-corrected chi connectivity index (χ0v) is 11.8. The van der Waals surface area contributed by atoms with Crippen LogP contribution >= 0.6 is 0 Å². The summed E-state index contributed by atoms with van der Waals surface area (Å²) in [6, 6.07) is 8.19. The molecule has 1 aliphatic rings. The van der Waals surface area contributed by atoms with Gasteiger partial charge in [-0.15, -0.1) is 0 Å². The molecule has 1 aliphatic carbocycles. The van der Waals surface area contributed by atoms with E-state index in [-0.39, 0.29) is 18.4 Å². The fraction of sp³-hybridized carbons (Fsp3) is 0.562. The molecular weight excluding hydrogens is 238 g/mol. The highest BCUT2D eigenvalue weighted by Crippen LogP contribution is 2.32. The van der Waals surface area contributed by atoms with Crippen LogP contribution in [0.1, 0.15) is 50.2 Å². The number of fused-ring (bicyclic) bond motifs is 1. The van der Waals surface area contributed by atoms with Crippen LogP contribution in [0.5, 0.6) is 0 Å². The van der Waals surface area contributed by atoms with Crippen LogP contribution in [0.4, 0.5) is 0 Å². The molecule has 104 valence electrons. The van der Waals surface area contributed by atoms with Gasteiger partial charge in [0.05, 0.1) is 18.1 Å². The first-order chi connectivity index (χ1) is 9.09. The van der Waals surface area contributed by atoms with E-state index in [1.54, 1.807) is 0 Å². The smallest absolute Gasteiger partial charge is 0.228 e. The summed E-state index contributed by atoms with van der Waals surface area (Å²) in [5.41, 5.74) is 1.93. The third-order valence-electron chi connectivity index (χ3n) is 4.24. The molecule has 0 spiro atoms. The van der Waals surface area contributed by atoms with E-state index in [9.17, 15) is 9.90 Å². The van der Waals surface area contributed by atoms with Crippen LogP contribution in [0.25, 0.3) is 0 Å². The number of amides is 1. The zero-order chi connectivity index (χ0) is 13.9. The molecule has 2 unspecified atom stereocenters. The van der Waals surface area contributed by atoms with E-state index in [0.29, 0.717) is 0 Å². The van der Waals surface area contributed by atoms with Gasteiger partial charge in [0.15, 0.2) is 0 Å². The molecule has 2 atom stereocenters. The highest BCUT2D eigenvalue weighted by molar-refractivity contribution is 5.85. The number of benzene rings is 1. The van der Waals surface area contributed by atoms with Gasteiger partial charge in [-0.1, -0.05) is 31.2 Å². The van der Waals surface area contributed by atoms with Gasteiger partial charge in [-0.2, -0.15) is 0 Å². The van der Waals surface area contributed by atoms with Crippen LogP contribution in [0.2, 0.25) is 0 Å². The lowest BCUT2D eigenvalue weighted by Crippen LogP contribution is -2.50. The monoisotopic (exact) mass is 261 g/mol. The van der Waals surface area contributed by atoms with Gasteiger partial charge in [0.2, 0.25) is 5.91 Å². The molecule has 0 saturated carbocycles. The second-order valence-corrected chi connectivity index (χ2v) is 5.71. The Morgan fingerprint density at radius 3 is 2.89 bits per heavy atom. The first-order valence-electron chi connectivity index (χ1n) is 7.10. The average Bonchev–Trinajstić information content (AvgIpc) is 2.46. The van der Waals surface area contributed by atoms with Crippen LogP contribution in [0, 0.1) is 0 Å². The van der Waals surface area contributed by atoms with Gasteiger partial charge in [-0.3, -0.25) is 4.79 Å². The fourth-order valence-corrected chi connectivity index (χ4v) is 2.65. The molecule has 0 bridgehead atoms. The van der Waals surface area contributed by atoms with E-state index in [1.807, 2.05) is 26.0 Å². The number of carbonyl (C=O) groups is 1. The van der Waals surface area contributed by atoms with Crippen molar-refractivity contribution in [2.24, 2.45) is 0 Å². The molecule has 0 fully saturated rings. The predicted octanol–water partition coefficient (Wildman–Crippen LogP) is 2.38. The lowest BCUT2D eigenvalue weighted by molar-refractivity contribution is -0.125. The van der Waals surface area contributed by atoms with Crippen molar-refractivity contribution < 1.29 is 9.90 Å². The first-order valence-corrected chi connectivity index (χ1v) is 7.10. The second-order valence-electron chi connectivity index (χ2n) is 5.71. The third kappa shape index (κ3) is 2.98. The molecule has 3 nitrogen and oxygen atoms in total. The summed E-state index contributed by atoms with van der Waals surface area (Å²) in [5.74, 6) is -0.0204. The normalized spacial score (nSPS) is 21.3. The lowest BCUT2D eigenvalue weighted by atomic mass is 9.82. The molecule has 2 N–H and O–H groups in total. The molecule has 2 rings (SSSR count). The Kier molecular flexibility index (Phi) is 4.25. The van der Waals surface area contributed by atoms with Crippen LogP contribution in [0.3, 0.4) is 0 Å². The molecule has 3 heteroatoms.